The van der Waals surface area contributed by atoms with E-state index >= 15 is 0 Å². The largest absolute Gasteiger partial charge is 0.308 e. The van der Waals surface area contributed by atoms with Crippen LogP contribution >= 0.6 is 0 Å². The lowest BCUT2D eigenvalue weighted by Crippen LogP contribution is -2.13. The fourth-order valence-corrected chi connectivity index (χ4v) is 2.04. The van der Waals surface area contributed by atoms with E-state index in [4.69, 9.17) is 0 Å². The van der Waals surface area contributed by atoms with Gasteiger partial charge in [0, 0.05) is 55.9 Å². The quantitative estimate of drug-likeness (QED) is 0.758. The molecule has 0 amide bonds. The van der Waals surface area contributed by atoms with Crippen molar-refractivity contribution in [3.8, 4) is 0 Å². The van der Waals surface area contributed by atoms with Crippen LogP contribution in [0.5, 0.6) is 0 Å². The molecule has 3 rings (SSSR count). The first kappa shape index (κ1) is 11.9. The predicted octanol–water partition coefficient (Wildman–Crippen LogP) is 1.06. The summed E-state index contributed by atoms with van der Waals surface area (Å²) in [5.74, 6) is 0. The molecule has 6 nitrogen and oxygen atoms in total. The van der Waals surface area contributed by atoms with Crippen LogP contribution in [0.4, 0.5) is 0 Å². The molecular formula is C13H16N6. The van der Waals surface area contributed by atoms with E-state index in [1.54, 1.807) is 4.68 Å². The van der Waals surface area contributed by atoms with Gasteiger partial charge in [-0.05, 0) is 6.92 Å². The van der Waals surface area contributed by atoms with Gasteiger partial charge in [-0.15, -0.1) is 0 Å². The molecular weight excluding hydrogens is 240 g/mol. The van der Waals surface area contributed by atoms with Gasteiger partial charge in [-0.3, -0.25) is 4.68 Å². The zero-order valence-corrected chi connectivity index (χ0v) is 11.0. The second-order valence-corrected chi connectivity index (χ2v) is 4.68. The van der Waals surface area contributed by atoms with Crippen LogP contribution in [0.25, 0.3) is 5.65 Å². The molecule has 0 aliphatic carbocycles. The molecule has 0 aliphatic rings. The lowest BCUT2D eigenvalue weighted by molar-refractivity contribution is 0.684. The topological polar surface area (TPSA) is 60.0 Å². The summed E-state index contributed by atoms with van der Waals surface area (Å²) in [7, 11) is 1.92. The normalized spacial score (nSPS) is 11.3. The summed E-state index contributed by atoms with van der Waals surface area (Å²) < 4.78 is 3.62. The van der Waals surface area contributed by atoms with Crippen LogP contribution in [0.15, 0.2) is 30.9 Å². The second kappa shape index (κ2) is 4.81. The Balaban J connectivity index is 1.64. The summed E-state index contributed by atoms with van der Waals surface area (Å²) in [5, 5.41) is 11.9. The van der Waals surface area contributed by atoms with Crippen molar-refractivity contribution in [2.24, 2.45) is 7.05 Å². The van der Waals surface area contributed by atoms with Crippen molar-refractivity contribution in [3.63, 3.8) is 0 Å². The summed E-state index contributed by atoms with van der Waals surface area (Å²) in [5.41, 5.74) is 4.15. The van der Waals surface area contributed by atoms with Gasteiger partial charge in [0.15, 0.2) is 5.65 Å². The Morgan fingerprint density at radius 2 is 1.95 bits per heavy atom. The van der Waals surface area contributed by atoms with Crippen LogP contribution in [0.3, 0.4) is 0 Å². The summed E-state index contributed by atoms with van der Waals surface area (Å²) >= 11 is 0. The number of hydrogen-bond acceptors (Lipinski definition) is 4. The van der Waals surface area contributed by atoms with Crippen LogP contribution in [-0.2, 0) is 20.1 Å². The molecule has 98 valence electrons. The molecule has 0 aromatic carbocycles. The zero-order chi connectivity index (χ0) is 13.2. The average molecular weight is 256 g/mol. The van der Waals surface area contributed by atoms with E-state index in [9.17, 15) is 0 Å². The lowest BCUT2D eigenvalue weighted by Gasteiger charge is -2.03. The molecule has 0 bridgehead atoms. The molecule has 0 spiro atoms. The van der Waals surface area contributed by atoms with E-state index in [1.807, 2.05) is 49.3 Å². The van der Waals surface area contributed by atoms with E-state index in [-0.39, 0.29) is 0 Å². The van der Waals surface area contributed by atoms with Gasteiger partial charge in [-0.2, -0.15) is 10.2 Å². The molecule has 0 aliphatic heterocycles. The molecule has 3 aromatic rings. The third-order valence-electron chi connectivity index (χ3n) is 2.91. The summed E-state index contributed by atoms with van der Waals surface area (Å²) in [6.07, 6.45) is 7.76. The first-order valence-electron chi connectivity index (χ1n) is 6.20. The van der Waals surface area contributed by atoms with Crippen molar-refractivity contribution in [1.82, 2.24) is 29.7 Å². The highest BCUT2D eigenvalue weighted by molar-refractivity contribution is 5.38. The first-order chi connectivity index (χ1) is 9.20. The zero-order valence-electron chi connectivity index (χ0n) is 11.0. The minimum Gasteiger partial charge on any atom is -0.308 e. The van der Waals surface area contributed by atoms with Gasteiger partial charge in [0.05, 0.1) is 11.9 Å². The number of rotatable bonds is 4. The van der Waals surface area contributed by atoms with Crippen molar-refractivity contribution in [2.75, 3.05) is 0 Å². The SMILES string of the molecule is Cc1cc2ncc(CNCc3cnn(C)c3)cn2n1. The number of hydrogen-bond donors (Lipinski definition) is 1. The number of fused-ring (bicyclic) bond motifs is 1. The molecule has 0 saturated carbocycles. The van der Waals surface area contributed by atoms with Crippen molar-refractivity contribution >= 4 is 5.65 Å². The first-order valence-corrected chi connectivity index (χ1v) is 6.20. The highest BCUT2D eigenvalue weighted by Crippen LogP contribution is 2.05. The van der Waals surface area contributed by atoms with Crippen LogP contribution in [-0.4, -0.2) is 24.4 Å². The Morgan fingerprint density at radius 3 is 2.68 bits per heavy atom. The Kier molecular flexibility index (Phi) is 3.00. The van der Waals surface area contributed by atoms with Gasteiger partial charge in [-0.1, -0.05) is 0 Å². The van der Waals surface area contributed by atoms with Crippen molar-refractivity contribution in [3.05, 3.63) is 47.7 Å². The highest BCUT2D eigenvalue weighted by Gasteiger charge is 2.01. The van der Waals surface area contributed by atoms with E-state index in [1.165, 1.54) is 5.56 Å². The molecule has 6 heteroatoms. The maximum absolute atomic E-state index is 4.38. The molecule has 0 saturated heterocycles. The number of nitrogens with zero attached hydrogens (tertiary/aromatic N) is 5. The van der Waals surface area contributed by atoms with Gasteiger partial charge in [0.1, 0.15) is 0 Å². The molecule has 0 radical (unpaired) electrons. The third kappa shape index (κ3) is 2.63. The van der Waals surface area contributed by atoms with Crippen LogP contribution in [0, 0.1) is 6.92 Å². The third-order valence-corrected chi connectivity index (χ3v) is 2.91. The predicted molar refractivity (Wildman–Crippen MR) is 71.5 cm³/mol. The molecule has 3 aromatic heterocycles. The second-order valence-electron chi connectivity index (χ2n) is 4.68. The number of aryl methyl sites for hydroxylation is 2. The van der Waals surface area contributed by atoms with E-state index in [2.05, 4.69) is 20.5 Å². The van der Waals surface area contributed by atoms with Crippen LogP contribution in [0.1, 0.15) is 16.8 Å². The molecule has 0 fully saturated rings. The molecule has 0 atom stereocenters. The van der Waals surface area contributed by atoms with Crippen molar-refractivity contribution < 1.29 is 0 Å². The van der Waals surface area contributed by atoms with E-state index in [0.717, 1.165) is 30.0 Å². The van der Waals surface area contributed by atoms with Gasteiger partial charge in [0.2, 0.25) is 0 Å². The maximum atomic E-state index is 4.38. The molecule has 19 heavy (non-hydrogen) atoms. The summed E-state index contributed by atoms with van der Waals surface area (Å²) in [6, 6.07) is 1.97. The van der Waals surface area contributed by atoms with Gasteiger partial charge in [0.25, 0.3) is 0 Å². The van der Waals surface area contributed by atoms with Crippen LogP contribution < -0.4 is 5.32 Å². The summed E-state index contributed by atoms with van der Waals surface area (Å²) in [4.78, 5) is 4.38. The molecule has 0 unspecified atom stereocenters. The van der Waals surface area contributed by atoms with Crippen molar-refractivity contribution in [1.29, 1.82) is 0 Å². The lowest BCUT2D eigenvalue weighted by atomic mass is 10.3. The number of nitrogens with one attached hydrogen (secondary N) is 1. The minimum absolute atomic E-state index is 0.761. The number of aromatic nitrogens is 5. The maximum Gasteiger partial charge on any atom is 0.155 e. The van der Waals surface area contributed by atoms with Gasteiger partial charge in [-0.25, -0.2) is 9.50 Å². The smallest absolute Gasteiger partial charge is 0.155 e. The standard InChI is InChI=1S/C13H16N6/c1-10-3-13-15-6-11(9-19(13)17-10)4-14-5-12-7-16-18(2)8-12/h3,6-9,14H,4-5H2,1-2H3. The Bertz CT molecular complexity index is 696. The fraction of sp³-hybridized carbons (Fsp3) is 0.308. The molecule has 3 heterocycles. The van der Waals surface area contributed by atoms with E-state index in [0.29, 0.717) is 0 Å². The minimum atomic E-state index is 0.761. The molecule has 1 N–H and O–H groups in total. The van der Waals surface area contributed by atoms with Crippen molar-refractivity contribution in [2.45, 2.75) is 20.0 Å². The fourth-order valence-electron chi connectivity index (χ4n) is 2.04. The summed E-state index contributed by atoms with van der Waals surface area (Å²) in [6.45, 7) is 3.52. The Labute approximate surface area is 111 Å². The van der Waals surface area contributed by atoms with Crippen LogP contribution in [0.2, 0.25) is 0 Å². The Hall–Kier alpha value is -2.21. The monoisotopic (exact) mass is 256 g/mol. The Morgan fingerprint density at radius 1 is 1.16 bits per heavy atom. The van der Waals surface area contributed by atoms with Gasteiger partial charge < -0.3 is 5.32 Å². The van der Waals surface area contributed by atoms with E-state index < -0.39 is 0 Å². The average Bonchev–Trinajstić information content (AvgIpc) is 2.94. The highest BCUT2D eigenvalue weighted by atomic mass is 15.2. The van der Waals surface area contributed by atoms with Gasteiger partial charge >= 0.3 is 0 Å².